The first-order chi connectivity index (χ1) is 15.8. The zero-order chi connectivity index (χ0) is 24.0. The Kier molecular flexibility index (Phi) is 7.58. The third kappa shape index (κ3) is 5.64. The molecule has 3 aromatic carbocycles. The van der Waals surface area contributed by atoms with Crippen LogP contribution in [-0.4, -0.2) is 45.3 Å². The van der Waals surface area contributed by atoms with Crippen LogP contribution in [0.15, 0.2) is 72.8 Å². The van der Waals surface area contributed by atoms with E-state index in [0.717, 1.165) is 11.1 Å². The summed E-state index contributed by atoms with van der Waals surface area (Å²) in [6.45, 7) is 1.93. The number of aliphatic carboxylic acids is 1. The van der Waals surface area contributed by atoms with Crippen molar-refractivity contribution < 1.29 is 29.7 Å². The smallest absolute Gasteiger partial charge is 0.336 e. The van der Waals surface area contributed by atoms with Crippen molar-refractivity contribution in [2.75, 3.05) is 0 Å². The number of amides is 1. The van der Waals surface area contributed by atoms with E-state index in [1.807, 2.05) is 13.0 Å². The molecule has 0 aliphatic carbocycles. The molecule has 4 N–H and O–H groups in total. The average Bonchev–Trinajstić information content (AvgIpc) is 2.83. The normalized spacial score (nSPS) is 12.5. The Morgan fingerprint density at radius 1 is 0.879 bits per heavy atom. The van der Waals surface area contributed by atoms with Gasteiger partial charge in [0.25, 0.3) is 5.91 Å². The highest BCUT2D eigenvalue weighted by Gasteiger charge is 2.28. The maximum Gasteiger partial charge on any atom is 0.336 e. The third-order valence-electron chi connectivity index (χ3n) is 5.45. The molecule has 0 radical (unpaired) electrons. The van der Waals surface area contributed by atoms with Crippen LogP contribution < -0.4 is 5.32 Å². The lowest BCUT2D eigenvalue weighted by atomic mass is 9.92. The second kappa shape index (κ2) is 10.6. The highest BCUT2D eigenvalue weighted by molar-refractivity contribution is 5.99. The highest BCUT2D eigenvalue weighted by atomic mass is 16.4. The SMILES string of the molecule is CCc1ccc(C(=O)NC(Cc2ccccc2)C(O)C(=O)O)cc1-c1ccccc1C(=O)O. The molecule has 0 fully saturated rings. The number of hydrogen-bond donors (Lipinski definition) is 4. The van der Waals surface area contributed by atoms with Crippen LogP contribution in [0.25, 0.3) is 11.1 Å². The summed E-state index contributed by atoms with van der Waals surface area (Å²) in [6.07, 6.45) is -1.04. The Balaban J connectivity index is 1.95. The molecule has 0 aliphatic rings. The Morgan fingerprint density at radius 2 is 1.55 bits per heavy atom. The number of aliphatic hydroxyl groups is 1. The highest BCUT2D eigenvalue weighted by Crippen LogP contribution is 2.29. The topological polar surface area (TPSA) is 124 Å². The van der Waals surface area contributed by atoms with Gasteiger partial charge in [-0.2, -0.15) is 0 Å². The molecule has 0 saturated heterocycles. The van der Waals surface area contributed by atoms with Gasteiger partial charge in [0, 0.05) is 5.56 Å². The summed E-state index contributed by atoms with van der Waals surface area (Å²) in [5.74, 6) is -3.07. The van der Waals surface area contributed by atoms with Crippen LogP contribution in [-0.2, 0) is 17.6 Å². The van der Waals surface area contributed by atoms with E-state index in [1.165, 1.54) is 6.07 Å². The third-order valence-corrected chi connectivity index (χ3v) is 5.45. The fourth-order valence-electron chi connectivity index (χ4n) is 3.71. The van der Waals surface area contributed by atoms with E-state index in [-0.39, 0.29) is 17.5 Å². The number of carbonyl (C=O) groups excluding carboxylic acids is 1. The van der Waals surface area contributed by atoms with E-state index in [1.54, 1.807) is 60.7 Å². The van der Waals surface area contributed by atoms with Gasteiger partial charge < -0.3 is 20.6 Å². The lowest BCUT2D eigenvalue weighted by Crippen LogP contribution is -2.48. The van der Waals surface area contributed by atoms with Crippen LogP contribution in [0.2, 0.25) is 0 Å². The van der Waals surface area contributed by atoms with Crippen molar-refractivity contribution in [1.82, 2.24) is 5.32 Å². The maximum absolute atomic E-state index is 13.0. The molecule has 2 unspecified atom stereocenters. The van der Waals surface area contributed by atoms with Crippen molar-refractivity contribution in [3.05, 3.63) is 95.1 Å². The number of aliphatic hydroxyl groups excluding tert-OH is 1. The number of aryl methyl sites for hydroxylation is 1. The molecular weight excluding hydrogens is 422 g/mol. The van der Waals surface area contributed by atoms with Crippen molar-refractivity contribution in [2.45, 2.75) is 31.9 Å². The van der Waals surface area contributed by atoms with Gasteiger partial charge in [0.2, 0.25) is 0 Å². The van der Waals surface area contributed by atoms with Crippen LogP contribution >= 0.6 is 0 Å². The zero-order valence-corrected chi connectivity index (χ0v) is 18.1. The number of benzene rings is 3. The summed E-state index contributed by atoms with van der Waals surface area (Å²) >= 11 is 0. The van der Waals surface area contributed by atoms with Gasteiger partial charge in [0.1, 0.15) is 0 Å². The minimum Gasteiger partial charge on any atom is -0.479 e. The molecular formula is C26H25NO6. The largest absolute Gasteiger partial charge is 0.479 e. The van der Waals surface area contributed by atoms with Crippen LogP contribution in [0.3, 0.4) is 0 Å². The van der Waals surface area contributed by atoms with Crippen molar-refractivity contribution in [1.29, 1.82) is 0 Å². The Bertz CT molecular complexity index is 1160. The fraction of sp³-hybridized carbons (Fsp3) is 0.192. The van der Waals surface area contributed by atoms with Gasteiger partial charge in [0.05, 0.1) is 11.6 Å². The maximum atomic E-state index is 13.0. The number of rotatable bonds is 9. The molecule has 0 aliphatic heterocycles. The van der Waals surface area contributed by atoms with E-state index in [4.69, 9.17) is 0 Å². The van der Waals surface area contributed by atoms with Gasteiger partial charge in [-0.3, -0.25) is 4.79 Å². The predicted octanol–water partition coefficient (Wildman–Crippen LogP) is 3.40. The van der Waals surface area contributed by atoms with Gasteiger partial charge in [-0.1, -0.05) is 61.5 Å². The molecule has 33 heavy (non-hydrogen) atoms. The standard InChI is InChI=1S/C26H25NO6/c1-2-17-12-13-18(15-21(17)19-10-6-7-11-20(19)25(30)31)24(29)27-22(23(28)26(32)33)14-16-8-4-3-5-9-16/h3-13,15,22-23,28H,2,14H2,1H3,(H,27,29)(H,30,31)(H,32,33). The zero-order valence-electron chi connectivity index (χ0n) is 18.1. The van der Waals surface area contributed by atoms with E-state index in [0.29, 0.717) is 17.5 Å². The summed E-state index contributed by atoms with van der Waals surface area (Å²) in [5, 5.41) is 31.7. The number of carbonyl (C=O) groups is 3. The first-order valence-electron chi connectivity index (χ1n) is 10.5. The van der Waals surface area contributed by atoms with Crippen LogP contribution in [0, 0.1) is 0 Å². The molecule has 1 amide bonds. The minimum atomic E-state index is -1.80. The molecule has 0 aromatic heterocycles. The van der Waals surface area contributed by atoms with Crippen LogP contribution in [0.5, 0.6) is 0 Å². The lowest BCUT2D eigenvalue weighted by molar-refractivity contribution is -0.148. The monoisotopic (exact) mass is 447 g/mol. The number of nitrogens with one attached hydrogen (secondary N) is 1. The van der Waals surface area contributed by atoms with Crippen LogP contribution in [0.1, 0.15) is 38.8 Å². The molecule has 0 bridgehead atoms. The lowest BCUT2D eigenvalue weighted by Gasteiger charge is -2.22. The molecule has 2 atom stereocenters. The number of carboxylic acid groups (broad SMARTS) is 2. The average molecular weight is 447 g/mol. The first kappa shape index (κ1) is 23.7. The molecule has 7 nitrogen and oxygen atoms in total. The Labute approximate surface area is 191 Å². The van der Waals surface area contributed by atoms with Crippen molar-refractivity contribution in [2.24, 2.45) is 0 Å². The number of carboxylic acids is 2. The van der Waals surface area contributed by atoms with E-state index in [9.17, 15) is 29.7 Å². The summed E-state index contributed by atoms with van der Waals surface area (Å²) in [4.78, 5) is 36.2. The summed E-state index contributed by atoms with van der Waals surface area (Å²) in [6, 6.07) is 19.4. The predicted molar refractivity (Wildman–Crippen MR) is 123 cm³/mol. The fourth-order valence-corrected chi connectivity index (χ4v) is 3.71. The van der Waals surface area contributed by atoms with Crippen molar-refractivity contribution >= 4 is 17.8 Å². The molecule has 0 heterocycles. The number of hydrogen-bond acceptors (Lipinski definition) is 4. The molecule has 170 valence electrons. The quantitative estimate of drug-likeness (QED) is 0.399. The molecule has 0 spiro atoms. The van der Waals surface area contributed by atoms with Crippen molar-refractivity contribution in [3.63, 3.8) is 0 Å². The minimum absolute atomic E-state index is 0.119. The Morgan fingerprint density at radius 3 is 2.18 bits per heavy atom. The Hall–Kier alpha value is -3.97. The van der Waals surface area contributed by atoms with Crippen molar-refractivity contribution in [3.8, 4) is 11.1 Å². The summed E-state index contributed by atoms with van der Waals surface area (Å²) < 4.78 is 0. The summed E-state index contributed by atoms with van der Waals surface area (Å²) in [5.41, 5.74) is 3.09. The van der Waals surface area contributed by atoms with Gasteiger partial charge in [-0.25, -0.2) is 9.59 Å². The van der Waals surface area contributed by atoms with Gasteiger partial charge in [-0.15, -0.1) is 0 Å². The second-order valence-electron chi connectivity index (χ2n) is 7.63. The van der Waals surface area contributed by atoms with Gasteiger partial charge >= 0.3 is 11.9 Å². The van der Waals surface area contributed by atoms with Crippen LogP contribution in [0.4, 0.5) is 0 Å². The molecule has 0 saturated carbocycles. The van der Waals surface area contributed by atoms with Gasteiger partial charge in [0.15, 0.2) is 6.10 Å². The summed E-state index contributed by atoms with van der Waals surface area (Å²) in [7, 11) is 0. The number of aromatic carboxylic acids is 1. The molecule has 3 rings (SSSR count). The molecule has 3 aromatic rings. The van der Waals surface area contributed by atoms with E-state index < -0.39 is 30.0 Å². The first-order valence-corrected chi connectivity index (χ1v) is 10.5. The second-order valence-corrected chi connectivity index (χ2v) is 7.63. The molecule has 7 heteroatoms. The van der Waals surface area contributed by atoms with Gasteiger partial charge in [-0.05, 0) is 53.3 Å². The van der Waals surface area contributed by atoms with E-state index in [2.05, 4.69) is 5.32 Å². The van der Waals surface area contributed by atoms with E-state index >= 15 is 0 Å².